The number of methoxy groups -OCH3 is 1. The highest BCUT2D eigenvalue weighted by Crippen LogP contribution is 2.32. The van der Waals surface area contributed by atoms with E-state index in [1.54, 1.807) is 0 Å². The third-order valence-corrected chi connectivity index (χ3v) is 2.54. The molecule has 2 N–H and O–H groups in total. The molecule has 2 rings (SSSR count). The molecule has 4 nitrogen and oxygen atoms in total. The first kappa shape index (κ1) is 12.0. The average Bonchev–Trinajstić information content (AvgIpc) is 2.38. The number of nitrogens with zero attached hydrogens (tertiary/aromatic N) is 1. The lowest BCUT2D eigenvalue weighted by atomic mass is 10.0. The average molecular weight is 246 g/mol. The molecule has 18 heavy (non-hydrogen) atoms. The molecule has 0 bridgehead atoms. The molecule has 1 aromatic carbocycles. The largest absolute Gasteiger partial charge is 0.496 e. The fraction of sp³-hybridized carbons (Fsp3) is 0.0769. The molecular weight excluding hydrogens is 235 g/mol. The van der Waals surface area contributed by atoms with Gasteiger partial charge < -0.3 is 10.5 Å². The number of hydrogen-bond donors (Lipinski definition) is 1. The van der Waals surface area contributed by atoms with Crippen molar-refractivity contribution in [3.8, 4) is 16.9 Å². The highest BCUT2D eigenvalue weighted by Gasteiger charge is 2.14. The minimum Gasteiger partial charge on any atom is -0.496 e. The first-order valence-electron chi connectivity index (χ1n) is 5.21. The van der Waals surface area contributed by atoms with Crippen LogP contribution in [-0.2, 0) is 0 Å². The van der Waals surface area contributed by atoms with Crippen LogP contribution in [0.5, 0.6) is 5.75 Å². The molecule has 0 saturated carbocycles. The number of nitrogens with two attached hydrogens (primary N) is 1. The Morgan fingerprint density at radius 3 is 2.78 bits per heavy atom. The summed E-state index contributed by atoms with van der Waals surface area (Å²) in [5.41, 5.74) is 6.44. The smallest absolute Gasteiger partial charge is 0.249 e. The van der Waals surface area contributed by atoms with E-state index in [0.717, 1.165) is 0 Å². The second kappa shape index (κ2) is 4.83. The van der Waals surface area contributed by atoms with Gasteiger partial charge in [-0.3, -0.25) is 9.78 Å². The van der Waals surface area contributed by atoms with Crippen LogP contribution in [0.1, 0.15) is 10.4 Å². The number of halogens is 1. The Morgan fingerprint density at radius 2 is 2.11 bits per heavy atom. The zero-order valence-corrected chi connectivity index (χ0v) is 9.68. The van der Waals surface area contributed by atoms with Crippen molar-refractivity contribution in [1.29, 1.82) is 0 Å². The summed E-state index contributed by atoms with van der Waals surface area (Å²) >= 11 is 0. The minimum atomic E-state index is -0.598. The Morgan fingerprint density at radius 1 is 1.33 bits per heavy atom. The van der Waals surface area contributed by atoms with Crippen LogP contribution in [0.4, 0.5) is 4.39 Å². The maximum atomic E-state index is 13.3. The number of carbonyl (C=O) groups excluding carboxylic acids is 1. The molecule has 5 heteroatoms. The number of carbonyl (C=O) groups is 1. The summed E-state index contributed by atoms with van der Waals surface area (Å²) in [6, 6.07) is 5.54. The van der Waals surface area contributed by atoms with Gasteiger partial charge in [0.1, 0.15) is 11.6 Å². The van der Waals surface area contributed by atoms with Crippen LogP contribution in [0.3, 0.4) is 0 Å². The third kappa shape index (κ3) is 2.15. The van der Waals surface area contributed by atoms with Gasteiger partial charge >= 0.3 is 0 Å². The van der Waals surface area contributed by atoms with Crippen molar-refractivity contribution < 1.29 is 13.9 Å². The molecule has 0 aliphatic heterocycles. The van der Waals surface area contributed by atoms with Gasteiger partial charge in [-0.05, 0) is 24.3 Å². The first-order chi connectivity index (χ1) is 8.63. The van der Waals surface area contributed by atoms with Crippen LogP contribution < -0.4 is 10.5 Å². The second-order valence-corrected chi connectivity index (χ2v) is 3.63. The molecule has 92 valence electrons. The van der Waals surface area contributed by atoms with Gasteiger partial charge in [0.15, 0.2) is 0 Å². The zero-order chi connectivity index (χ0) is 13.1. The summed E-state index contributed by atoms with van der Waals surface area (Å²) in [5, 5.41) is 0. The quantitative estimate of drug-likeness (QED) is 0.900. The summed E-state index contributed by atoms with van der Waals surface area (Å²) < 4.78 is 18.5. The highest BCUT2D eigenvalue weighted by atomic mass is 19.1. The molecule has 0 aliphatic carbocycles. The number of aromatic nitrogens is 1. The van der Waals surface area contributed by atoms with Crippen LogP contribution in [0.15, 0.2) is 36.7 Å². The van der Waals surface area contributed by atoms with Gasteiger partial charge in [0.25, 0.3) is 0 Å². The summed E-state index contributed by atoms with van der Waals surface area (Å²) in [6.07, 6.45) is 2.91. The first-order valence-corrected chi connectivity index (χ1v) is 5.21. The number of ether oxygens (including phenoxy) is 1. The number of hydrogen-bond acceptors (Lipinski definition) is 3. The van der Waals surface area contributed by atoms with Crippen molar-refractivity contribution in [2.45, 2.75) is 0 Å². The van der Waals surface area contributed by atoms with Crippen LogP contribution in [0.25, 0.3) is 11.1 Å². The molecule has 1 aromatic heterocycles. The van der Waals surface area contributed by atoms with E-state index in [9.17, 15) is 9.18 Å². The molecule has 0 unspecified atom stereocenters. The van der Waals surface area contributed by atoms with Crippen molar-refractivity contribution in [3.05, 3.63) is 48.0 Å². The van der Waals surface area contributed by atoms with Crippen LogP contribution in [0, 0.1) is 5.82 Å². The predicted octanol–water partition coefficient (Wildman–Crippen LogP) is 2.00. The van der Waals surface area contributed by atoms with E-state index in [-0.39, 0.29) is 5.56 Å². The molecule has 0 spiro atoms. The van der Waals surface area contributed by atoms with E-state index in [0.29, 0.717) is 16.9 Å². The van der Waals surface area contributed by atoms with Crippen LogP contribution in [0.2, 0.25) is 0 Å². The lowest BCUT2D eigenvalue weighted by Crippen LogP contribution is -2.12. The molecule has 0 aliphatic rings. The normalized spacial score (nSPS) is 10.1. The van der Waals surface area contributed by atoms with Crippen LogP contribution >= 0.6 is 0 Å². The van der Waals surface area contributed by atoms with E-state index in [1.807, 2.05) is 0 Å². The second-order valence-electron chi connectivity index (χ2n) is 3.63. The van der Waals surface area contributed by atoms with Crippen molar-refractivity contribution >= 4 is 5.91 Å². The van der Waals surface area contributed by atoms with Gasteiger partial charge in [0.2, 0.25) is 5.91 Å². The van der Waals surface area contributed by atoms with E-state index >= 15 is 0 Å². The molecule has 0 atom stereocenters. The highest BCUT2D eigenvalue weighted by molar-refractivity contribution is 6.00. The minimum absolute atomic E-state index is 0.272. The summed E-state index contributed by atoms with van der Waals surface area (Å²) in [4.78, 5) is 15.3. The van der Waals surface area contributed by atoms with Crippen molar-refractivity contribution in [2.75, 3.05) is 7.11 Å². The maximum Gasteiger partial charge on any atom is 0.249 e. The Kier molecular flexibility index (Phi) is 3.23. The Balaban J connectivity index is 2.68. The van der Waals surface area contributed by atoms with Crippen molar-refractivity contribution in [3.63, 3.8) is 0 Å². The van der Waals surface area contributed by atoms with E-state index in [1.165, 1.54) is 43.8 Å². The lowest BCUT2D eigenvalue weighted by Gasteiger charge is -2.10. The Labute approximate surface area is 103 Å². The topological polar surface area (TPSA) is 65.2 Å². The molecule has 2 aromatic rings. The standard InChI is InChI=1S/C13H11FN2O2/c1-18-12-3-2-8(14)6-10(12)11-7-16-5-4-9(11)13(15)17/h2-7H,1H3,(H2,15,17). The number of rotatable bonds is 3. The summed E-state index contributed by atoms with van der Waals surface area (Å²) in [6.45, 7) is 0. The molecule has 0 radical (unpaired) electrons. The summed E-state index contributed by atoms with van der Waals surface area (Å²) in [5.74, 6) is -0.573. The van der Waals surface area contributed by atoms with Gasteiger partial charge in [0.05, 0.1) is 12.7 Å². The fourth-order valence-corrected chi connectivity index (χ4v) is 1.71. The van der Waals surface area contributed by atoms with Gasteiger partial charge in [-0.15, -0.1) is 0 Å². The number of amides is 1. The van der Waals surface area contributed by atoms with Gasteiger partial charge in [-0.1, -0.05) is 0 Å². The van der Waals surface area contributed by atoms with Gasteiger partial charge in [-0.2, -0.15) is 0 Å². The van der Waals surface area contributed by atoms with E-state index < -0.39 is 11.7 Å². The Bertz CT molecular complexity index is 599. The number of benzene rings is 1. The van der Waals surface area contributed by atoms with E-state index in [4.69, 9.17) is 10.5 Å². The van der Waals surface area contributed by atoms with Crippen LogP contribution in [-0.4, -0.2) is 18.0 Å². The monoisotopic (exact) mass is 246 g/mol. The molecule has 1 heterocycles. The number of pyridine rings is 1. The SMILES string of the molecule is COc1ccc(F)cc1-c1cnccc1C(N)=O. The van der Waals surface area contributed by atoms with Gasteiger partial charge in [0, 0.05) is 23.5 Å². The maximum absolute atomic E-state index is 13.3. The number of primary amides is 1. The zero-order valence-electron chi connectivity index (χ0n) is 9.68. The Hall–Kier alpha value is -2.43. The molecule has 0 saturated heterocycles. The lowest BCUT2D eigenvalue weighted by molar-refractivity contribution is 0.100. The molecule has 0 fully saturated rings. The molecule has 1 amide bonds. The summed E-state index contributed by atoms with van der Waals surface area (Å²) in [7, 11) is 1.47. The third-order valence-electron chi connectivity index (χ3n) is 2.54. The van der Waals surface area contributed by atoms with E-state index in [2.05, 4.69) is 4.98 Å². The van der Waals surface area contributed by atoms with Crippen molar-refractivity contribution in [2.24, 2.45) is 5.73 Å². The predicted molar refractivity (Wildman–Crippen MR) is 64.7 cm³/mol. The van der Waals surface area contributed by atoms with Gasteiger partial charge in [-0.25, -0.2) is 4.39 Å². The van der Waals surface area contributed by atoms with Crippen molar-refractivity contribution in [1.82, 2.24) is 4.98 Å². The molecular formula is C13H11FN2O2. The fourth-order valence-electron chi connectivity index (χ4n) is 1.71.